The molecule has 118 valence electrons. The number of nitro benzene ring substituents is 1. The van der Waals surface area contributed by atoms with Gasteiger partial charge in [0, 0.05) is 16.6 Å². The quantitative estimate of drug-likeness (QED) is 0.241. The summed E-state index contributed by atoms with van der Waals surface area (Å²) in [5.41, 5.74) is 0.916. The summed E-state index contributed by atoms with van der Waals surface area (Å²) in [7, 11) is 0. The lowest BCUT2D eigenvalue weighted by molar-refractivity contribution is -0.385. The van der Waals surface area contributed by atoms with E-state index in [0.29, 0.717) is 16.1 Å². The van der Waals surface area contributed by atoms with Gasteiger partial charge in [-0.3, -0.25) is 10.1 Å². The zero-order chi connectivity index (χ0) is 17.0. The minimum absolute atomic E-state index is 0.0885. The second kappa shape index (κ2) is 7.39. The van der Waals surface area contributed by atoms with Crippen LogP contribution in [-0.4, -0.2) is 10.9 Å². The number of hydrogen-bond acceptors (Lipinski definition) is 4. The second-order valence-electron chi connectivity index (χ2n) is 4.60. The maximum absolute atomic E-state index is 11.9. The van der Waals surface area contributed by atoms with Crippen LogP contribution < -0.4 is 4.74 Å². The standard InChI is InChI=1S/C16H11BrClNO4/c1-10-8-12(17)9-13(18)16(10)23-15(20)7-6-11-4-2-3-5-14(11)19(21)22/h2-9H,1H3/b7-6+. The molecule has 0 atom stereocenters. The van der Waals surface area contributed by atoms with Crippen molar-refractivity contribution in [3.8, 4) is 5.75 Å². The summed E-state index contributed by atoms with van der Waals surface area (Å²) in [6.45, 7) is 1.75. The highest BCUT2D eigenvalue weighted by Gasteiger charge is 2.12. The Balaban J connectivity index is 2.19. The number of aryl methyl sites for hydroxylation is 1. The molecular weight excluding hydrogens is 386 g/mol. The predicted molar refractivity (Wildman–Crippen MR) is 91.7 cm³/mol. The van der Waals surface area contributed by atoms with Gasteiger partial charge in [-0.05, 0) is 36.8 Å². The first-order valence-corrected chi connectivity index (χ1v) is 7.64. The van der Waals surface area contributed by atoms with E-state index in [1.165, 1.54) is 12.1 Å². The highest BCUT2D eigenvalue weighted by atomic mass is 79.9. The van der Waals surface area contributed by atoms with Crippen molar-refractivity contribution in [3.63, 3.8) is 0 Å². The van der Waals surface area contributed by atoms with Crippen LogP contribution in [0.15, 0.2) is 46.9 Å². The topological polar surface area (TPSA) is 69.4 Å². The summed E-state index contributed by atoms with van der Waals surface area (Å²) in [5.74, 6) is -0.414. The Morgan fingerprint density at radius 2 is 2.04 bits per heavy atom. The molecule has 0 saturated carbocycles. The van der Waals surface area contributed by atoms with Crippen LogP contribution in [0.3, 0.4) is 0 Å². The summed E-state index contributed by atoms with van der Waals surface area (Å²) in [5, 5.41) is 11.2. The number of rotatable bonds is 4. The molecule has 2 aromatic rings. The van der Waals surface area contributed by atoms with E-state index in [2.05, 4.69) is 15.9 Å². The molecular formula is C16H11BrClNO4. The predicted octanol–water partition coefficient (Wildman–Crippen LogP) is 4.94. The number of carbonyl (C=O) groups excluding carboxylic acids is 1. The normalized spacial score (nSPS) is 10.7. The van der Waals surface area contributed by atoms with Gasteiger partial charge in [-0.25, -0.2) is 4.79 Å². The molecule has 0 aromatic heterocycles. The Labute approximate surface area is 145 Å². The Kier molecular flexibility index (Phi) is 5.52. The van der Waals surface area contributed by atoms with Crippen LogP contribution in [0.2, 0.25) is 5.02 Å². The lowest BCUT2D eigenvalue weighted by atomic mass is 10.1. The van der Waals surface area contributed by atoms with E-state index in [0.717, 1.165) is 10.5 Å². The fourth-order valence-corrected chi connectivity index (χ4v) is 2.91. The van der Waals surface area contributed by atoms with Gasteiger partial charge in [0.15, 0.2) is 5.75 Å². The lowest BCUT2D eigenvalue weighted by Crippen LogP contribution is -2.05. The number of ether oxygens (including phenoxy) is 1. The van der Waals surface area contributed by atoms with Crippen molar-refractivity contribution in [1.29, 1.82) is 0 Å². The van der Waals surface area contributed by atoms with E-state index in [4.69, 9.17) is 16.3 Å². The van der Waals surface area contributed by atoms with Gasteiger partial charge in [-0.2, -0.15) is 0 Å². The second-order valence-corrected chi connectivity index (χ2v) is 5.93. The van der Waals surface area contributed by atoms with Gasteiger partial charge in [0.25, 0.3) is 5.69 Å². The Morgan fingerprint density at radius 1 is 1.35 bits per heavy atom. The van der Waals surface area contributed by atoms with Crippen molar-refractivity contribution >= 4 is 45.3 Å². The third kappa shape index (κ3) is 4.40. The van der Waals surface area contributed by atoms with Gasteiger partial charge in [-0.15, -0.1) is 0 Å². The number of esters is 1. The van der Waals surface area contributed by atoms with Crippen LogP contribution >= 0.6 is 27.5 Å². The van der Waals surface area contributed by atoms with Gasteiger partial charge in [0.1, 0.15) is 0 Å². The number of carbonyl (C=O) groups is 1. The third-order valence-corrected chi connectivity index (χ3v) is 3.67. The molecule has 0 heterocycles. The molecule has 0 aliphatic carbocycles. The minimum Gasteiger partial charge on any atom is -0.421 e. The van der Waals surface area contributed by atoms with Crippen molar-refractivity contribution in [2.75, 3.05) is 0 Å². The van der Waals surface area contributed by atoms with Crippen LogP contribution in [0.4, 0.5) is 5.69 Å². The molecule has 0 fully saturated rings. The Hall–Kier alpha value is -2.18. The SMILES string of the molecule is Cc1cc(Br)cc(Cl)c1OC(=O)/C=C/c1ccccc1[N+](=O)[O-]. The number of hydrogen-bond donors (Lipinski definition) is 0. The molecule has 7 heteroatoms. The molecule has 23 heavy (non-hydrogen) atoms. The fraction of sp³-hybridized carbons (Fsp3) is 0.0625. The van der Waals surface area contributed by atoms with E-state index >= 15 is 0 Å². The highest BCUT2D eigenvalue weighted by Crippen LogP contribution is 2.32. The van der Waals surface area contributed by atoms with E-state index in [9.17, 15) is 14.9 Å². The minimum atomic E-state index is -0.671. The van der Waals surface area contributed by atoms with Crippen LogP contribution in [0.5, 0.6) is 5.75 Å². The first-order valence-electron chi connectivity index (χ1n) is 6.47. The molecule has 0 aliphatic heterocycles. The fourth-order valence-electron chi connectivity index (χ4n) is 1.91. The zero-order valence-corrected chi connectivity index (χ0v) is 14.3. The van der Waals surface area contributed by atoms with Crippen molar-refractivity contribution in [2.24, 2.45) is 0 Å². The van der Waals surface area contributed by atoms with Gasteiger partial charge in [0.05, 0.1) is 15.5 Å². The number of benzene rings is 2. The average molecular weight is 397 g/mol. The number of nitro groups is 1. The summed E-state index contributed by atoms with van der Waals surface area (Å²) in [6.07, 6.45) is 2.46. The van der Waals surface area contributed by atoms with E-state index in [1.54, 1.807) is 37.3 Å². The number of para-hydroxylation sites is 1. The van der Waals surface area contributed by atoms with E-state index in [1.807, 2.05) is 0 Å². The van der Waals surface area contributed by atoms with Crippen molar-refractivity contribution in [1.82, 2.24) is 0 Å². The van der Waals surface area contributed by atoms with Gasteiger partial charge in [0.2, 0.25) is 0 Å². The van der Waals surface area contributed by atoms with Gasteiger partial charge in [-0.1, -0.05) is 39.7 Å². The van der Waals surface area contributed by atoms with Crippen LogP contribution in [0.1, 0.15) is 11.1 Å². The molecule has 0 N–H and O–H groups in total. The molecule has 0 amide bonds. The Morgan fingerprint density at radius 3 is 2.70 bits per heavy atom. The first-order chi connectivity index (χ1) is 10.9. The number of halogens is 2. The molecule has 0 bridgehead atoms. The molecule has 0 aliphatic rings. The molecule has 2 aromatic carbocycles. The van der Waals surface area contributed by atoms with E-state index in [-0.39, 0.29) is 11.4 Å². The zero-order valence-electron chi connectivity index (χ0n) is 12.0. The van der Waals surface area contributed by atoms with Gasteiger partial charge < -0.3 is 4.74 Å². The Bertz CT molecular complexity index is 781. The van der Waals surface area contributed by atoms with Gasteiger partial charge >= 0.3 is 5.97 Å². The summed E-state index contributed by atoms with van der Waals surface area (Å²) >= 11 is 9.34. The molecule has 5 nitrogen and oxygen atoms in total. The molecule has 0 saturated heterocycles. The lowest BCUT2D eigenvalue weighted by Gasteiger charge is -2.08. The van der Waals surface area contributed by atoms with E-state index < -0.39 is 10.9 Å². The number of nitrogens with zero attached hydrogens (tertiary/aromatic N) is 1. The highest BCUT2D eigenvalue weighted by molar-refractivity contribution is 9.10. The monoisotopic (exact) mass is 395 g/mol. The van der Waals surface area contributed by atoms with Crippen molar-refractivity contribution in [3.05, 3.63) is 73.2 Å². The first kappa shape index (κ1) is 17.2. The summed E-state index contributed by atoms with van der Waals surface area (Å²) < 4.78 is 5.98. The summed E-state index contributed by atoms with van der Waals surface area (Å²) in [6, 6.07) is 9.48. The molecule has 0 spiro atoms. The molecule has 0 unspecified atom stereocenters. The third-order valence-electron chi connectivity index (χ3n) is 2.93. The van der Waals surface area contributed by atoms with Crippen molar-refractivity contribution < 1.29 is 14.5 Å². The average Bonchev–Trinajstić information content (AvgIpc) is 2.49. The smallest absolute Gasteiger partial charge is 0.336 e. The largest absolute Gasteiger partial charge is 0.421 e. The maximum atomic E-state index is 11.9. The van der Waals surface area contributed by atoms with Crippen LogP contribution in [-0.2, 0) is 4.79 Å². The molecule has 2 rings (SSSR count). The maximum Gasteiger partial charge on any atom is 0.336 e. The molecule has 0 radical (unpaired) electrons. The van der Waals surface area contributed by atoms with Crippen LogP contribution in [0, 0.1) is 17.0 Å². The summed E-state index contributed by atoms with van der Waals surface area (Å²) in [4.78, 5) is 22.3. The van der Waals surface area contributed by atoms with Crippen LogP contribution in [0.25, 0.3) is 6.08 Å². The van der Waals surface area contributed by atoms with Crippen molar-refractivity contribution in [2.45, 2.75) is 6.92 Å².